The third kappa shape index (κ3) is 3.41. The highest BCUT2D eigenvalue weighted by Gasteiger charge is 2.10. The maximum Gasteiger partial charge on any atom is 0.0568 e. The molecule has 0 spiro atoms. The van der Waals surface area contributed by atoms with Crippen LogP contribution in [0.25, 0.3) is 11.1 Å². The summed E-state index contributed by atoms with van der Waals surface area (Å²) in [4.78, 5) is 0. The lowest BCUT2D eigenvalue weighted by atomic mass is 10.0. The van der Waals surface area contributed by atoms with E-state index < -0.39 is 0 Å². The Morgan fingerprint density at radius 3 is 2.75 bits per heavy atom. The van der Waals surface area contributed by atoms with Gasteiger partial charge in [0, 0.05) is 29.4 Å². The van der Waals surface area contributed by atoms with Crippen LogP contribution in [0.2, 0.25) is 5.02 Å². The third-order valence-electron chi connectivity index (χ3n) is 3.40. The molecule has 0 aliphatic rings. The highest BCUT2D eigenvalue weighted by molar-refractivity contribution is 6.31. The quantitative estimate of drug-likeness (QED) is 0.861. The zero-order valence-electron chi connectivity index (χ0n) is 12.4. The third-order valence-corrected chi connectivity index (χ3v) is 3.72. The molecule has 0 saturated heterocycles. The van der Waals surface area contributed by atoms with Crippen molar-refractivity contribution in [3.63, 3.8) is 0 Å². The van der Waals surface area contributed by atoms with E-state index in [2.05, 4.69) is 49.5 Å². The van der Waals surface area contributed by atoms with Gasteiger partial charge in [0.25, 0.3) is 0 Å². The van der Waals surface area contributed by atoms with E-state index in [9.17, 15) is 0 Å². The molecule has 3 nitrogen and oxygen atoms in total. The summed E-state index contributed by atoms with van der Waals surface area (Å²) in [5.41, 5.74) is 3.37. The molecule has 0 fully saturated rings. The number of halogens is 1. The van der Waals surface area contributed by atoms with Crippen LogP contribution in [-0.2, 0) is 6.54 Å². The molecule has 0 aliphatic carbocycles. The van der Waals surface area contributed by atoms with Crippen LogP contribution < -0.4 is 5.32 Å². The van der Waals surface area contributed by atoms with E-state index in [0.717, 1.165) is 41.2 Å². The molecular formula is C16H22ClN3. The summed E-state index contributed by atoms with van der Waals surface area (Å²) in [6, 6.07) is 6.51. The maximum absolute atomic E-state index is 6.41. The summed E-state index contributed by atoms with van der Waals surface area (Å²) in [6.07, 6.45) is 5.05. The van der Waals surface area contributed by atoms with Gasteiger partial charge >= 0.3 is 0 Å². The molecule has 0 saturated carbocycles. The van der Waals surface area contributed by atoms with Crippen molar-refractivity contribution >= 4 is 11.6 Å². The van der Waals surface area contributed by atoms with Crippen molar-refractivity contribution in [2.24, 2.45) is 0 Å². The Hall–Kier alpha value is -1.32. The zero-order valence-corrected chi connectivity index (χ0v) is 13.1. The second kappa shape index (κ2) is 6.91. The molecule has 0 bridgehead atoms. The normalized spacial score (nSPS) is 12.6. The van der Waals surface area contributed by atoms with Crippen LogP contribution in [0.15, 0.2) is 30.6 Å². The van der Waals surface area contributed by atoms with E-state index in [-0.39, 0.29) is 6.04 Å². The Labute approximate surface area is 126 Å². The fraction of sp³-hybridized carbons (Fsp3) is 0.438. The predicted molar refractivity (Wildman–Crippen MR) is 85.1 cm³/mol. The van der Waals surface area contributed by atoms with Gasteiger partial charge in [0.15, 0.2) is 0 Å². The second-order valence-corrected chi connectivity index (χ2v) is 5.41. The average molecular weight is 292 g/mol. The number of nitrogens with one attached hydrogen (secondary N) is 1. The monoisotopic (exact) mass is 291 g/mol. The van der Waals surface area contributed by atoms with E-state index in [4.69, 9.17) is 11.6 Å². The standard InChI is InChI=1S/C16H22ClN3/c1-4-8-20-11-14(10-19-20)13-6-7-15(16(17)9-13)12(3)18-5-2/h6-7,9-12,18H,4-5,8H2,1-3H3. The molecule has 1 atom stereocenters. The maximum atomic E-state index is 6.41. The van der Waals surface area contributed by atoms with Crippen LogP contribution in [0, 0.1) is 0 Å². The Morgan fingerprint density at radius 1 is 1.30 bits per heavy atom. The first-order valence-electron chi connectivity index (χ1n) is 7.21. The van der Waals surface area contributed by atoms with Crippen molar-refractivity contribution in [1.29, 1.82) is 0 Å². The first-order chi connectivity index (χ1) is 9.65. The van der Waals surface area contributed by atoms with Crippen molar-refractivity contribution in [2.75, 3.05) is 6.54 Å². The van der Waals surface area contributed by atoms with Crippen molar-refractivity contribution in [3.8, 4) is 11.1 Å². The molecular weight excluding hydrogens is 270 g/mol. The molecule has 20 heavy (non-hydrogen) atoms. The van der Waals surface area contributed by atoms with Gasteiger partial charge in [-0.05, 0) is 37.1 Å². The second-order valence-electron chi connectivity index (χ2n) is 5.01. The van der Waals surface area contributed by atoms with Crippen LogP contribution in [0.4, 0.5) is 0 Å². The SMILES string of the molecule is CCCn1cc(-c2ccc(C(C)NCC)c(Cl)c2)cn1. The topological polar surface area (TPSA) is 29.9 Å². The number of aryl methyl sites for hydroxylation is 1. The van der Waals surface area contributed by atoms with Crippen molar-refractivity contribution in [2.45, 2.75) is 39.8 Å². The van der Waals surface area contributed by atoms with Gasteiger partial charge in [0.2, 0.25) is 0 Å². The number of benzene rings is 1. The molecule has 2 aromatic rings. The Morgan fingerprint density at radius 2 is 2.10 bits per heavy atom. The van der Waals surface area contributed by atoms with E-state index in [1.807, 2.05) is 16.9 Å². The van der Waals surface area contributed by atoms with E-state index in [1.165, 1.54) is 0 Å². The van der Waals surface area contributed by atoms with Crippen molar-refractivity contribution in [3.05, 3.63) is 41.2 Å². The molecule has 1 aromatic heterocycles. The minimum atomic E-state index is 0.268. The predicted octanol–water partition coefficient (Wildman–Crippen LogP) is 4.28. The van der Waals surface area contributed by atoms with Crippen molar-refractivity contribution in [1.82, 2.24) is 15.1 Å². The highest BCUT2D eigenvalue weighted by atomic mass is 35.5. The Balaban J connectivity index is 2.23. The van der Waals surface area contributed by atoms with Crippen LogP contribution in [0.5, 0.6) is 0 Å². The largest absolute Gasteiger partial charge is 0.310 e. The number of rotatable bonds is 6. The van der Waals surface area contributed by atoms with Gasteiger partial charge in [-0.15, -0.1) is 0 Å². The number of nitrogens with zero attached hydrogens (tertiary/aromatic N) is 2. The summed E-state index contributed by atoms with van der Waals surface area (Å²) in [7, 11) is 0. The number of hydrogen-bond acceptors (Lipinski definition) is 2. The van der Waals surface area contributed by atoms with Crippen molar-refractivity contribution < 1.29 is 0 Å². The number of aromatic nitrogens is 2. The molecule has 1 aromatic carbocycles. The van der Waals surface area contributed by atoms with Gasteiger partial charge in [0.05, 0.1) is 6.20 Å². The molecule has 0 radical (unpaired) electrons. The first-order valence-corrected chi connectivity index (χ1v) is 7.59. The summed E-state index contributed by atoms with van der Waals surface area (Å²) < 4.78 is 1.97. The zero-order chi connectivity index (χ0) is 14.5. The minimum Gasteiger partial charge on any atom is -0.310 e. The fourth-order valence-electron chi connectivity index (χ4n) is 2.34. The summed E-state index contributed by atoms with van der Waals surface area (Å²) in [5, 5.41) is 8.55. The molecule has 1 heterocycles. The summed E-state index contributed by atoms with van der Waals surface area (Å²) in [5.74, 6) is 0. The fourth-order valence-corrected chi connectivity index (χ4v) is 2.68. The first kappa shape index (κ1) is 15.1. The minimum absolute atomic E-state index is 0.268. The lowest BCUT2D eigenvalue weighted by molar-refractivity contribution is 0.598. The summed E-state index contributed by atoms with van der Waals surface area (Å²) in [6.45, 7) is 8.26. The van der Waals surface area contributed by atoms with Crippen LogP contribution in [-0.4, -0.2) is 16.3 Å². The van der Waals surface area contributed by atoms with E-state index in [1.54, 1.807) is 0 Å². The molecule has 1 N–H and O–H groups in total. The molecule has 108 valence electrons. The average Bonchev–Trinajstić information content (AvgIpc) is 2.88. The molecule has 0 aliphatic heterocycles. The Kier molecular flexibility index (Phi) is 5.21. The highest BCUT2D eigenvalue weighted by Crippen LogP contribution is 2.28. The Bertz CT molecular complexity index is 563. The van der Waals surface area contributed by atoms with Crippen LogP contribution in [0.3, 0.4) is 0 Å². The smallest absolute Gasteiger partial charge is 0.0568 e. The molecule has 2 rings (SSSR count). The van der Waals surface area contributed by atoms with Gasteiger partial charge < -0.3 is 5.32 Å². The lowest BCUT2D eigenvalue weighted by Gasteiger charge is -2.15. The van der Waals surface area contributed by atoms with E-state index >= 15 is 0 Å². The molecule has 0 amide bonds. The molecule has 4 heteroatoms. The van der Waals surface area contributed by atoms with Gasteiger partial charge in [-0.2, -0.15) is 5.10 Å². The van der Waals surface area contributed by atoms with Gasteiger partial charge in [-0.25, -0.2) is 0 Å². The molecule has 1 unspecified atom stereocenters. The summed E-state index contributed by atoms with van der Waals surface area (Å²) >= 11 is 6.41. The number of hydrogen-bond donors (Lipinski definition) is 1. The van der Waals surface area contributed by atoms with E-state index in [0.29, 0.717) is 0 Å². The lowest BCUT2D eigenvalue weighted by Crippen LogP contribution is -2.17. The van der Waals surface area contributed by atoms with Gasteiger partial charge in [-0.3, -0.25) is 4.68 Å². The van der Waals surface area contributed by atoms with Crippen LogP contribution in [0.1, 0.15) is 38.8 Å². The van der Waals surface area contributed by atoms with Gasteiger partial charge in [0.1, 0.15) is 0 Å². The van der Waals surface area contributed by atoms with Crippen LogP contribution >= 0.6 is 11.6 Å². The van der Waals surface area contributed by atoms with Gasteiger partial charge in [-0.1, -0.05) is 37.6 Å².